The number of aromatic nitrogens is 4. The highest BCUT2D eigenvalue weighted by atomic mass is 32.2. The topological polar surface area (TPSA) is 99.0 Å². The molecule has 0 unspecified atom stereocenters. The van der Waals surface area contributed by atoms with Crippen molar-refractivity contribution in [3.63, 3.8) is 0 Å². The summed E-state index contributed by atoms with van der Waals surface area (Å²) in [6.07, 6.45) is 7.83. The summed E-state index contributed by atoms with van der Waals surface area (Å²) in [6, 6.07) is 9.08. The summed E-state index contributed by atoms with van der Waals surface area (Å²) in [5, 5.41) is 3.94. The smallest absolute Gasteiger partial charge is 0.316 e. The lowest BCUT2D eigenvalue weighted by Crippen LogP contribution is -2.12. The molecule has 0 spiro atoms. The van der Waals surface area contributed by atoms with Gasteiger partial charge in [-0.15, -0.1) is 0 Å². The number of nitrogens with one attached hydrogen (secondary N) is 1. The Labute approximate surface area is 168 Å². The Hall–Kier alpha value is -3.30. The minimum absolute atomic E-state index is 0.131. The molecule has 0 bridgehead atoms. The first-order valence-electron chi connectivity index (χ1n) is 8.85. The van der Waals surface area contributed by atoms with Crippen LogP contribution in [0, 0.1) is 0 Å². The second-order valence-electron chi connectivity index (χ2n) is 6.36. The molecule has 9 heteroatoms. The average Bonchev–Trinajstić information content (AvgIpc) is 3.13. The predicted molar refractivity (Wildman–Crippen MR) is 109 cm³/mol. The van der Waals surface area contributed by atoms with Gasteiger partial charge in [0.1, 0.15) is 4.90 Å². The van der Waals surface area contributed by atoms with Crippen molar-refractivity contribution in [2.45, 2.75) is 11.4 Å². The molecule has 4 aromatic rings. The Morgan fingerprint density at radius 3 is 2.55 bits per heavy atom. The molecule has 148 valence electrons. The van der Waals surface area contributed by atoms with Gasteiger partial charge in [0.15, 0.2) is 0 Å². The standard InChI is InChI=1S/C20H19N5O3S/c1-21-9-16-13-25(29(26,27)17-4-3-7-22-12-17)19-8-14(5-6-18(16)19)15-10-23-20(28-2)24-11-15/h3-8,10-13,21H,9H2,1-2H3. The molecule has 4 rings (SSSR count). The van der Waals surface area contributed by atoms with Crippen LogP contribution in [-0.4, -0.2) is 41.5 Å². The molecule has 1 aromatic carbocycles. The third kappa shape index (κ3) is 3.45. The fourth-order valence-electron chi connectivity index (χ4n) is 3.16. The number of benzene rings is 1. The zero-order chi connectivity index (χ0) is 20.4. The molecule has 29 heavy (non-hydrogen) atoms. The van der Waals surface area contributed by atoms with Crippen LogP contribution in [0.15, 0.2) is 66.2 Å². The van der Waals surface area contributed by atoms with E-state index in [0.29, 0.717) is 12.1 Å². The van der Waals surface area contributed by atoms with Crippen molar-refractivity contribution in [2.75, 3.05) is 14.2 Å². The molecule has 0 fully saturated rings. The summed E-state index contributed by atoms with van der Waals surface area (Å²) in [6.45, 7) is 0.539. The Bertz CT molecular complexity index is 1250. The van der Waals surface area contributed by atoms with Crippen LogP contribution in [0.3, 0.4) is 0 Å². The van der Waals surface area contributed by atoms with Gasteiger partial charge in [0.2, 0.25) is 0 Å². The molecule has 0 saturated heterocycles. The van der Waals surface area contributed by atoms with Crippen molar-refractivity contribution >= 4 is 20.9 Å². The third-order valence-electron chi connectivity index (χ3n) is 4.56. The lowest BCUT2D eigenvalue weighted by Gasteiger charge is -2.08. The van der Waals surface area contributed by atoms with Crippen LogP contribution in [0.2, 0.25) is 0 Å². The van der Waals surface area contributed by atoms with Crippen molar-refractivity contribution in [3.05, 3.63) is 66.9 Å². The number of fused-ring (bicyclic) bond motifs is 1. The fraction of sp³-hybridized carbons (Fsp3) is 0.150. The molecular weight excluding hydrogens is 390 g/mol. The Kier molecular flexibility index (Phi) is 4.99. The third-order valence-corrected chi connectivity index (χ3v) is 6.21. The van der Waals surface area contributed by atoms with Gasteiger partial charge in [-0.2, -0.15) is 0 Å². The van der Waals surface area contributed by atoms with Crippen LogP contribution in [0.4, 0.5) is 0 Å². The summed E-state index contributed by atoms with van der Waals surface area (Å²) in [4.78, 5) is 12.3. The number of methoxy groups -OCH3 is 1. The highest BCUT2D eigenvalue weighted by molar-refractivity contribution is 7.90. The van der Waals surface area contributed by atoms with Crippen LogP contribution in [0.1, 0.15) is 5.56 Å². The normalized spacial score (nSPS) is 11.7. The lowest BCUT2D eigenvalue weighted by atomic mass is 10.1. The minimum Gasteiger partial charge on any atom is -0.467 e. The van der Waals surface area contributed by atoms with Crippen molar-refractivity contribution in [1.29, 1.82) is 0 Å². The van der Waals surface area contributed by atoms with Gasteiger partial charge in [-0.3, -0.25) is 4.98 Å². The molecular formula is C20H19N5O3S. The second-order valence-corrected chi connectivity index (χ2v) is 8.18. The SMILES string of the molecule is CNCc1cn(S(=O)(=O)c2cccnc2)c2cc(-c3cnc(OC)nc3)ccc12. The van der Waals surface area contributed by atoms with Gasteiger partial charge in [0.05, 0.1) is 12.6 Å². The lowest BCUT2D eigenvalue weighted by molar-refractivity contribution is 0.380. The summed E-state index contributed by atoms with van der Waals surface area (Å²) in [7, 11) is -0.476. The van der Waals surface area contributed by atoms with E-state index in [1.54, 1.807) is 30.9 Å². The second kappa shape index (κ2) is 7.61. The van der Waals surface area contributed by atoms with Gasteiger partial charge in [0, 0.05) is 48.5 Å². The maximum atomic E-state index is 13.3. The Morgan fingerprint density at radius 1 is 1.10 bits per heavy atom. The molecule has 0 aliphatic rings. The molecule has 3 aromatic heterocycles. The van der Waals surface area contributed by atoms with E-state index in [2.05, 4.69) is 20.3 Å². The van der Waals surface area contributed by atoms with E-state index >= 15 is 0 Å². The number of nitrogens with zero attached hydrogens (tertiary/aromatic N) is 4. The zero-order valence-electron chi connectivity index (χ0n) is 15.9. The molecule has 0 aliphatic carbocycles. The first kappa shape index (κ1) is 19.0. The highest BCUT2D eigenvalue weighted by Crippen LogP contribution is 2.30. The van der Waals surface area contributed by atoms with Gasteiger partial charge >= 0.3 is 6.01 Å². The van der Waals surface area contributed by atoms with Crippen molar-refractivity contribution in [2.24, 2.45) is 0 Å². The van der Waals surface area contributed by atoms with Gasteiger partial charge in [-0.1, -0.05) is 12.1 Å². The molecule has 0 radical (unpaired) electrons. The zero-order valence-corrected chi connectivity index (χ0v) is 16.7. The number of rotatable bonds is 6. The van der Waals surface area contributed by atoms with Crippen molar-refractivity contribution in [3.8, 4) is 17.1 Å². The maximum absolute atomic E-state index is 13.3. The predicted octanol–water partition coefficient (Wildman–Crippen LogP) is 2.46. The average molecular weight is 409 g/mol. The molecule has 8 nitrogen and oxygen atoms in total. The van der Waals surface area contributed by atoms with E-state index in [-0.39, 0.29) is 10.9 Å². The van der Waals surface area contributed by atoms with Gasteiger partial charge in [0.25, 0.3) is 10.0 Å². The Balaban J connectivity index is 1.91. The van der Waals surface area contributed by atoms with Gasteiger partial charge in [-0.05, 0) is 36.4 Å². The fourth-order valence-corrected chi connectivity index (χ4v) is 4.51. The number of pyridine rings is 1. The van der Waals surface area contributed by atoms with E-state index in [1.165, 1.54) is 23.3 Å². The first-order chi connectivity index (χ1) is 14.0. The van der Waals surface area contributed by atoms with Crippen LogP contribution in [0.5, 0.6) is 6.01 Å². The highest BCUT2D eigenvalue weighted by Gasteiger charge is 2.21. The van der Waals surface area contributed by atoms with Crippen LogP contribution < -0.4 is 10.1 Å². The number of ether oxygens (including phenoxy) is 1. The van der Waals surface area contributed by atoms with E-state index in [1.807, 2.05) is 25.2 Å². The summed E-state index contributed by atoms with van der Waals surface area (Å²) >= 11 is 0. The van der Waals surface area contributed by atoms with E-state index in [4.69, 9.17) is 4.74 Å². The number of hydrogen-bond donors (Lipinski definition) is 1. The van der Waals surface area contributed by atoms with Gasteiger partial charge < -0.3 is 10.1 Å². The molecule has 3 heterocycles. The summed E-state index contributed by atoms with van der Waals surface area (Å²) in [5.41, 5.74) is 3.02. The van der Waals surface area contributed by atoms with E-state index < -0.39 is 10.0 Å². The van der Waals surface area contributed by atoms with E-state index in [0.717, 1.165) is 22.1 Å². The molecule has 0 aliphatic heterocycles. The van der Waals surface area contributed by atoms with E-state index in [9.17, 15) is 8.42 Å². The molecule has 0 amide bonds. The van der Waals surface area contributed by atoms with Gasteiger partial charge in [-0.25, -0.2) is 22.4 Å². The Morgan fingerprint density at radius 2 is 1.90 bits per heavy atom. The van der Waals surface area contributed by atoms with Crippen LogP contribution >= 0.6 is 0 Å². The van der Waals surface area contributed by atoms with Crippen molar-refractivity contribution in [1.82, 2.24) is 24.2 Å². The molecule has 1 N–H and O–H groups in total. The maximum Gasteiger partial charge on any atom is 0.316 e. The molecule has 0 saturated carbocycles. The minimum atomic E-state index is -3.80. The summed E-state index contributed by atoms with van der Waals surface area (Å²) < 4.78 is 32.8. The quantitative estimate of drug-likeness (QED) is 0.522. The largest absolute Gasteiger partial charge is 0.467 e. The number of hydrogen-bond acceptors (Lipinski definition) is 7. The van der Waals surface area contributed by atoms with Crippen LogP contribution in [0.25, 0.3) is 22.0 Å². The molecule has 0 atom stereocenters. The monoisotopic (exact) mass is 409 g/mol. The first-order valence-corrected chi connectivity index (χ1v) is 10.3. The van der Waals surface area contributed by atoms with Crippen LogP contribution in [-0.2, 0) is 16.6 Å². The van der Waals surface area contributed by atoms with Crippen molar-refractivity contribution < 1.29 is 13.2 Å². The summed E-state index contributed by atoms with van der Waals surface area (Å²) in [5.74, 6) is 0.